The third-order valence-corrected chi connectivity index (χ3v) is 2.83. The summed E-state index contributed by atoms with van der Waals surface area (Å²) in [6, 6.07) is 11.8. The predicted octanol–water partition coefficient (Wildman–Crippen LogP) is 3.59. The fourth-order valence-electron chi connectivity index (χ4n) is 1.52. The number of hydrogen-bond acceptors (Lipinski definition) is 2. The highest BCUT2D eigenvalue weighted by molar-refractivity contribution is 6.32. The van der Waals surface area contributed by atoms with Gasteiger partial charge in [-0.1, -0.05) is 41.4 Å². The van der Waals surface area contributed by atoms with E-state index in [0.717, 1.165) is 5.56 Å². The molecule has 0 aliphatic carbocycles. The van der Waals surface area contributed by atoms with E-state index < -0.39 is 0 Å². The minimum Gasteiger partial charge on any atom is -0.506 e. The lowest BCUT2D eigenvalue weighted by atomic mass is 10.0. The van der Waals surface area contributed by atoms with Crippen LogP contribution in [0.4, 0.5) is 0 Å². The van der Waals surface area contributed by atoms with Crippen LogP contribution in [0.15, 0.2) is 42.5 Å². The second kappa shape index (κ2) is 4.60. The van der Waals surface area contributed by atoms with E-state index in [1.807, 2.05) is 19.1 Å². The molecule has 2 aromatic carbocycles. The van der Waals surface area contributed by atoms with Crippen LogP contribution in [0.1, 0.15) is 21.5 Å². The molecule has 0 unspecified atom stereocenters. The van der Waals surface area contributed by atoms with Gasteiger partial charge in [-0.3, -0.25) is 4.79 Å². The molecule has 0 saturated carbocycles. The summed E-state index contributed by atoms with van der Waals surface area (Å²) >= 11 is 5.77. The second-order valence-electron chi connectivity index (χ2n) is 3.86. The lowest BCUT2D eigenvalue weighted by Gasteiger charge is -2.03. The zero-order valence-electron chi connectivity index (χ0n) is 9.27. The van der Waals surface area contributed by atoms with Crippen molar-refractivity contribution in [2.45, 2.75) is 6.92 Å². The number of carbonyl (C=O) groups is 1. The van der Waals surface area contributed by atoms with E-state index in [4.69, 9.17) is 11.6 Å². The average Bonchev–Trinajstić information content (AvgIpc) is 2.33. The maximum atomic E-state index is 12.1. The Hall–Kier alpha value is -1.80. The van der Waals surface area contributed by atoms with Crippen molar-refractivity contribution in [1.82, 2.24) is 0 Å². The molecule has 0 aliphatic heterocycles. The Balaban J connectivity index is 2.37. The van der Waals surface area contributed by atoms with Crippen LogP contribution in [0.2, 0.25) is 5.02 Å². The molecular weight excluding hydrogens is 236 g/mol. The fourth-order valence-corrected chi connectivity index (χ4v) is 1.70. The summed E-state index contributed by atoms with van der Waals surface area (Å²) in [4.78, 5) is 12.1. The molecule has 0 spiro atoms. The number of halogens is 1. The van der Waals surface area contributed by atoms with Crippen molar-refractivity contribution in [3.63, 3.8) is 0 Å². The number of carbonyl (C=O) groups excluding carboxylic acids is 1. The van der Waals surface area contributed by atoms with Crippen LogP contribution in [0.5, 0.6) is 5.75 Å². The van der Waals surface area contributed by atoms with Crippen molar-refractivity contribution in [2.24, 2.45) is 0 Å². The van der Waals surface area contributed by atoms with Crippen molar-refractivity contribution in [1.29, 1.82) is 0 Å². The largest absolute Gasteiger partial charge is 0.506 e. The summed E-state index contributed by atoms with van der Waals surface area (Å²) in [5.74, 6) is -0.126. The smallest absolute Gasteiger partial charge is 0.193 e. The number of phenols is 1. The molecule has 0 fully saturated rings. The lowest BCUT2D eigenvalue weighted by molar-refractivity contribution is 0.103. The van der Waals surface area contributed by atoms with Crippen LogP contribution in [-0.4, -0.2) is 10.9 Å². The molecule has 86 valence electrons. The topological polar surface area (TPSA) is 37.3 Å². The first-order valence-corrected chi connectivity index (χ1v) is 5.55. The van der Waals surface area contributed by atoms with Crippen LogP contribution >= 0.6 is 11.6 Å². The van der Waals surface area contributed by atoms with Crippen LogP contribution < -0.4 is 0 Å². The highest BCUT2D eigenvalue weighted by Gasteiger charge is 2.10. The molecule has 0 atom stereocenters. The molecule has 0 aromatic heterocycles. The first kappa shape index (κ1) is 11.7. The van der Waals surface area contributed by atoms with Crippen molar-refractivity contribution < 1.29 is 9.90 Å². The summed E-state index contributed by atoms with van der Waals surface area (Å²) in [7, 11) is 0. The Morgan fingerprint density at radius 3 is 2.24 bits per heavy atom. The maximum Gasteiger partial charge on any atom is 0.193 e. The van der Waals surface area contributed by atoms with Crippen LogP contribution in [-0.2, 0) is 0 Å². The van der Waals surface area contributed by atoms with E-state index in [0.29, 0.717) is 11.1 Å². The van der Waals surface area contributed by atoms with Crippen molar-refractivity contribution in [2.75, 3.05) is 0 Å². The van der Waals surface area contributed by atoms with Gasteiger partial charge < -0.3 is 5.11 Å². The minimum atomic E-state index is -0.105. The highest BCUT2D eigenvalue weighted by Crippen LogP contribution is 2.24. The van der Waals surface area contributed by atoms with Crippen molar-refractivity contribution >= 4 is 17.4 Å². The van der Waals surface area contributed by atoms with Crippen LogP contribution in [0, 0.1) is 6.92 Å². The number of aromatic hydroxyl groups is 1. The number of phenolic OH excluding ortho intramolecular Hbond substituents is 1. The third-order valence-electron chi connectivity index (χ3n) is 2.52. The number of hydrogen-bond donors (Lipinski definition) is 1. The minimum absolute atomic E-state index is 0.0212. The number of rotatable bonds is 2. The van der Waals surface area contributed by atoms with Gasteiger partial charge in [-0.15, -0.1) is 0 Å². The summed E-state index contributed by atoms with van der Waals surface area (Å²) in [5, 5.41) is 9.47. The van der Waals surface area contributed by atoms with E-state index >= 15 is 0 Å². The van der Waals surface area contributed by atoms with Crippen LogP contribution in [0.25, 0.3) is 0 Å². The number of aryl methyl sites for hydroxylation is 1. The summed E-state index contributed by atoms with van der Waals surface area (Å²) in [5.41, 5.74) is 2.18. The van der Waals surface area contributed by atoms with Gasteiger partial charge in [-0.05, 0) is 25.1 Å². The molecule has 0 saturated heterocycles. The normalized spacial score (nSPS) is 10.2. The molecule has 2 aromatic rings. The van der Waals surface area contributed by atoms with Gasteiger partial charge in [0.05, 0.1) is 5.02 Å². The summed E-state index contributed by atoms with van der Waals surface area (Å²) in [6.07, 6.45) is 0. The van der Waals surface area contributed by atoms with Gasteiger partial charge in [0.1, 0.15) is 5.75 Å². The van der Waals surface area contributed by atoms with Gasteiger partial charge in [0, 0.05) is 11.1 Å². The predicted molar refractivity (Wildman–Crippen MR) is 67.7 cm³/mol. The van der Waals surface area contributed by atoms with E-state index in [-0.39, 0.29) is 16.6 Å². The quantitative estimate of drug-likeness (QED) is 0.823. The Kier molecular flexibility index (Phi) is 3.16. The van der Waals surface area contributed by atoms with Gasteiger partial charge in [-0.25, -0.2) is 0 Å². The van der Waals surface area contributed by atoms with Crippen molar-refractivity contribution in [3.05, 3.63) is 64.2 Å². The Morgan fingerprint density at radius 2 is 1.65 bits per heavy atom. The maximum absolute atomic E-state index is 12.1. The number of benzene rings is 2. The van der Waals surface area contributed by atoms with E-state index in [2.05, 4.69) is 0 Å². The zero-order chi connectivity index (χ0) is 12.4. The molecular formula is C14H11ClO2. The first-order valence-electron chi connectivity index (χ1n) is 5.18. The van der Waals surface area contributed by atoms with Gasteiger partial charge in [0.25, 0.3) is 0 Å². The second-order valence-corrected chi connectivity index (χ2v) is 4.27. The monoisotopic (exact) mass is 246 g/mol. The average molecular weight is 247 g/mol. The molecule has 2 rings (SSSR count). The molecule has 0 bridgehead atoms. The first-order chi connectivity index (χ1) is 8.08. The van der Waals surface area contributed by atoms with Gasteiger partial charge in [0.2, 0.25) is 0 Å². The molecule has 0 heterocycles. The Morgan fingerprint density at radius 1 is 1.06 bits per heavy atom. The lowest BCUT2D eigenvalue weighted by Crippen LogP contribution is -2.00. The van der Waals surface area contributed by atoms with E-state index in [9.17, 15) is 9.90 Å². The van der Waals surface area contributed by atoms with E-state index in [1.165, 1.54) is 12.1 Å². The van der Waals surface area contributed by atoms with Crippen LogP contribution in [0.3, 0.4) is 0 Å². The summed E-state index contributed by atoms with van der Waals surface area (Å²) in [6.45, 7) is 1.96. The molecule has 3 heteroatoms. The van der Waals surface area contributed by atoms with Gasteiger partial charge >= 0.3 is 0 Å². The van der Waals surface area contributed by atoms with Gasteiger partial charge in [0.15, 0.2) is 5.78 Å². The Labute approximate surface area is 104 Å². The molecule has 1 N–H and O–H groups in total. The third kappa shape index (κ3) is 2.48. The van der Waals surface area contributed by atoms with E-state index in [1.54, 1.807) is 18.2 Å². The summed E-state index contributed by atoms with van der Waals surface area (Å²) < 4.78 is 0. The molecule has 0 radical (unpaired) electrons. The highest BCUT2D eigenvalue weighted by atomic mass is 35.5. The van der Waals surface area contributed by atoms with Gasteiger partial charge in [-0.2, -0.15) is 0 Å². The molecule has 0 aliphatic rings. The molecule has 2 nitrogen and oxygen atoms in total. The molecule has 17 heavy (non-hydrogen) atoms. The number of ketones is 1. The zero-order valence-corrected chi connectivity index (χ0v) is 10.0. The SMILES string of the molecule is Cc1ccc(C(=O)c2ccc(O)c(Cl)c2)cc1. The standard InChI is InChI=1S/C14H11ClO2/c1-9-2-4-10(5-3-9)14(17)11-6-7-13(16)12(15)8-11/h2-8,16H,1H3. The van der Waals surface area contributed by atoms with Crippen molar-refractivity contribution in [3.8, 4) is 5.75 Å². The fraction of sp³-hybridized carbons (Fsp3) is 0.0714. The molecule has 0 amide bonds. The Bertz CT molecular complexity index is 559.